The van der Waals surface area contributed by atoms with Crippen LogP contribution in [0, 0.1) is 0 Å². The molecule has 0 saturated carbocycles. The number of hydrazine groups is 1. The van der Waals surface area contributed by atoms with E-state index in [0.717, 1.165) is 0 Å². The van der Waals surface area contributed by atoms with E-state index in [4.69, 9.17) is 15.3 Å². The number of furan rings is 1. The lowest BCUT2D eigenvalue weighted by Gasteiger charge is -2.05. The maximum atomic E-state index is 10.7. The summed E-state index contributed by atoms with van der Waals surface area (Å²) in [6, 6.07) is 2.28. The third-order valence-corrected chi connectivity index (χ3v) is 1.38. The Kier molecular flexibility index (Phi) is 3.33. The lowest BCUT2D eigenvalue weighted by Crippen LogP contribution is -2.42. The van der Waals surface area contributed by atoms with Crippen LogP contribution in [-0.4, -0.2) is 17.1 Å². The first-order chi connectivity index (χ1) is 7.09. The summed E-state index contributed by atoms with van der Waals surface area (Å²) in [7, 11) is 0. The fraction of sp³-hybridized carbons (Fsp3) is 0. The molecule has 0 radical (unpaired) electrons. The van der Waals surface area contributed by atoms with E-state index in [1.807, 2.05) is 5.43 Å². The molecule has 0 fully saturated rings. The molecule has 1 aromatic heterocycles. The number of primary amides is 1. The molecule has 15 heavy (non-hydrogen) atoms. The van der Waals surface area contributed by atoms with Gasteiger partial charge in [-0.2, -0.15) is 0 Å². The molecule has 7 nitrogen and oxygen atoms in total. The van der Waals surface area contributed by atoms with Crippen LogP contribution < -0.4 is 16.6 Å². The molecule has 1 rings (SSSR count). The zero-order chi connectivity index (χ0) is 11.3. The quantitative estimate of drug-likeness (QED) is 0.409. The van der Waals surface area contributed by atoms with Crippen LogP contribution in [0.25, 0.3) is 6.08 Å². The van der Waals surface area contributed by atoms with Crippen LogP contribution in [0.2, 0.25) is 0 Å². The van der Waals surface area contributed by atoms with Gasteiger partial charge in [0.25, 0.3) is 0 Å². The van der Waals surface area contributed by atoms with Gasteiger partial charge in [-0.25, -0.2) is 9.59 Å². The Balaban J connectivity index is 2.74. The topological polar surface area (TPSA) is 118 Å². The summed E-state index contributed by atoms with van der Waals surface area (Å²) >= 11 is 0. The Morgan fingerprint density at radius 2 is 2.20 bits per heavy atom. The molecule has 0 aliphatic heterocycles. The van der Waals surface area contributed by atoms with Crippen molar-refractivity contribution in [3.63, 3.8) is 0 Å². The van der Waals surface area contributed by atoms with E-state index in [0.29, 0.717) is 5.76 Å². The Morgan fingerprint density at radius 1 is 1.47 bits per heavy atom. The Morgan fingerprint density at radius 3 is 2.67 bits per heavy atom. The highest BCUT2D eigenvalue weighted by Gasteiger charge is 2.08. The summed E-state index contributed by atoms with van der Waals surface area (Å²) < 4.78 is 4.90. The number of carbonyl (C=O) groups excluding carboxylic acids is 1. The number of carbonyl (C=O) groups is 2. The van der Waals surface area contributed by atoms with E-state index < -0.39 is 12.0 Å². The predicted molar refractivity (Wildman–Crippen MR) is 50.2 cm³/mol. The molecule has 1 heterocycles. The highest BCUT2D eigenvalue weighted by molar-refractivity contribution is 5.91. The molecule has 80 valence electrons. The molecular formula is C8H9N3O4. The molecular weight excluding hydrogens is 202 g/mol. The average molecular weight is 211 g/mol. The number of hydrogen-bond donors (Lipinski definition) is 4. The Hall–Kier alpha value is -2.44. The number of hydrogen-bond acceptors (Lipinski definition) is 4. The highest BCUT2D eigenvalue weighted by atomic mass is 16.4. The molecule has 0 saturated heterocycles. The van der Waals surface area contributed by atoms with Crippen molar-refractivity contribution in [3.05, 3.63) is 29.9 Å². The third kappa shape index (κ3) is 3.43. The SMILES string of the molecule is NC(=O)NNC(=Cc1ccco1)C(=O)O. The third-order valence-electron chi connectivity index (χ3n) is 1.38. The van der Waals surface area contributed by atoms with Gasteiger partial charge in [0.15, 0.2) is 0 Å². The van der Waals surface area contributed by atoms with E-state index in [2.05, 4.69) is 5.43 Å². The Labute approximate surface area is 84.5 Å². The minimum absolute atomic E-state index is 0.260. The first-order valence-electron chi connectivity index (χ1n) is 3.89. The van der Waals surface area contributed by atoms with Crippen molar-refractivity contribution in [3.8, 4) is 0 Å². The minimum Gasteiger partial charge on any atom is -0.477 e. The van der Waals surface area contributed by atoms with Crippen LogP contribution in [0.15, 0.2) is 28.5 Å². The summed E-state index contributed by atoms with van der Waals surface area (Å²) in [5.41, 5.74) is 8.57. The molecule has 0 aliphatic carbocycles. The number of nitrogens with one attached hydrogen (secondary N) is 2. The van der Waals surface area contributed by atoms with E-state index in [1.54, 1.807) is 12.1 Å². The maximum Gasteiger partial charge on any atom is 0.353 e. The van der Waals surface area contributed by atoms with Crippen molar-refractivity contribution in [1.29, 1.82) is 0 Å². The zero-order valence-corrected chi connectivity index (χ0v) is 7.56. The van der Waals surface area contributed by atoms with Crippen molar-refractivity contribution in [2.45, 2.75) is 0 Å². The van der Waals surface area contributed by atoms with E-state index in [9.17, 15) is 9.59 Å². The van der Waals surface area contributed by atoms with Crippen molar-refractivity contribution in [2.75, 3.05) is 0 Å². The largest absolute Gasteiger partial charge is 0.477 e. The number of nitrogens with two attached hydrogens (primary N) is 1. The number of aliphatic carboxylic acids is 1. The van der Waals surface area contributed by atoms with Gasteiger partial charge < -0.3 is 15.3 Å². The average Bonchev–Trinajstić information content (AvgIpc) is 2.63. The van der Waals surface area contributed by atoms with Gasteiger partial charge in [-0.1, -0.05) is 0 Å². The van der Waals surface area contributed by atoms with Crippen LogP contribution in [0.1, 0.15) is 5.76 Å². The summed E-state index contributed by atoms with van der Waals surface area (Å²) in [5.74, 6) is -0.911. The van der Waals surface area contributed by atoms with Crippen molar-refractivity contribution in [1.82, 2.24) is 10.9 Å². The molecule has 0 unspecified atom stereocenters. The summed E-state index contributed by atoms with van der Waals surface area (Å²) in [6.45, 7) is 0. The lowest BCUT2D eigenvalue weighted by molar-refractivity contribution is -0.133. The van der Waals surface area contributed by atoms with Gasteiger partial charge >= 0.3 is 12.0 Å². The second-order valence-corrected chi connectivity index (χ2v) is 2.49. The number of carboxylic acid groups (broad SMARTS) is 1. The standard InChI is InChI=1S/C8H9N3O4/c9-8(14)11-10-6(7(12)13)4-5-2-1-3-15-5/h1-4,10H,(H,12,13)(H3,9,11,14). The van der Waals surface area contributed by atoms with Crippen LogP contribution in [0.3, 0.4) is 0 Å². The van der Waals surface area contributed by atoms with Crippen molar-refractivity contribution >= 4 is 18.1 Å². The Bertz CT molecular complexity index is 383. The van der Waals surface area contributed by atoms with Crippen molar-refractivity contribution < 1.29 is 19.1 Å². The molecule has 7 heteroatoms. The predicted octanol–water partition coefficient (Wildman–Crippen LogP) is -0.122. The fourth-order valence-electron chi connectivity index (χ4n) is 0.796. The molecule has 0 bridgehead atoms. The van der Waals surface area contributed by atoms with Crippen LogP contribution in [0.4, 0.5) is 4.79 Å². The molecule has 5 N–H and O–H groups in total. The maximum absolute atomic E-state index is 10.7. The van der Waals surface area contributed by atoms with E-state index >= 15 is 0 Å². The lowest BCUT2D eigenvalue weighted by atomic mass is 10.3. The molecule has 0 aromatic carbocycles. The van der Waals surface area contributed by atoms with Crippen LogP contribution in [0.5, 0.6) is 0 Å². The van der Waals surface area contributed by atoms with Crippen molar-refractivity contribution in [2.24, 2.45) is 5.73 Å². The second-order valence-electron chi connectivity index (χ2n) is 2.49. The second kappa shape index (κ2) is 4.70. The number of carboxylic acids is 1. The normalized spacial score (nSPS) is 10.8. The van der Waals surface area contributed by atoms with Crippen LogP contribution >= 0.6 is 0 Å². The summed E-state index contributed by atoms with van der Waals surface area (Å²) in [5, 5.41) is 8.72. The van der Waals surface area contributed by atoms with Gasteiger partial charge in [0.2, 0.25) is 0 Å². The molecule has 1 aromatic rings. The van der Waals surface area contributed by atoms with Gasteiger partial charge in [0.05, 0.1) is 6.26 Å². The number of rotatable bonds is 4. The monoisotopic (exact) mass is 211 g/mol. The summed E-state index contributed by atoms with van der Waals surface area (Å²) in [6.07, 6.45) is 2.60. The van der Waals surface area contributed by atoms with Gasteiger partial charge in [0.1, 0.15) is 11.5 Å². The molecule has 0 aliphatic rings. The first kappa shape index (κ1) is 10.6. The van der Waals surface area contributed by atoms with Crippen LogP contribution in [-0.2, 0) is 4.79 Å². The number of urea groups is 1. The zero-order valence-electron chi connectivity index (χ0n) is 7.56. The summed E-state index contributed by atoms with van der Waals surface area (Å²) in [4.78, 5) is 21.0. The van der Waals surface area contributed by atoms with E-state index in [1.165, 1.54) is 12.3 Å². The first-order valence-corrected chi connectivity index (χ1v) is 3.89. The minimum atomic E-state index is -1.25. The van der Waals surface area contributed by atoms with Gasteiger partial charge in [-0.05, 0) is 12.1 Å². The smallest absolute Gasteiger partial charge is 0.353 e. The van der Waals surface area contributed by atoms with Gasteiger partial charge in [-0.15, -0.1) is 0 Å². The number of amides is 2. The molecule has 2 amide bonds. The van der Waals surface area contributed by atoms with Gasteiger partial charge in [-0.3, -0.25) is 10.9 Å². The molecule has 0 spiro atoms. The van der Waals surface area contributed by atoms with E-state index in [-0.39, 0.29) is 5.70 Å². The fourth-order valence-corrected chi connectivity index (χ4v) is 0.796. The highest BCUT2D eigenvalue weighted by Crippen LogP contribution is 2.05. The molecule has 0 atom stereocenters. The van der Waals surface area contributed by atoms with Gasteiger partial charge in [0, 0.05) is 6.08 Å².